The number of amides is 1. The van der Waals surface area contributed by atoms with Crippen LogP contribution in [0, 0.1) is 6.92 Å². The highest BCUT2D eigenvalue weighted by Gasteiger charge is 2.30. The van der Waals surface area contributed by atoms with Crippen molar-refractivity contribution in [3.05, 3.63) is 53.6 Å². The van der Waals surface area contributed by atoms with Gasteiger partial charge in [-0.15, -0.1) is 0 Å². The van der Waals surface area contributed by atoms with Crippen molar-refractivity contribution >= 4 is 23.3 Å². The molecule has 0 bridgehead atoms. The number of esters is 1. The van der Waals surface area contributed by atoms with Crippen molar-refractivity contribution in [1.29, 1.82) is 0 Å². The van der Waals surface area contributed by atoms with Crippen LogP contribution in [0.1, 0.15) is 57.1 Å². The summed E-state index contributed by atoms with van der Waals surface area (Å²) in [6.45, 7) is 11.9. The molecule has 0 N–H and O–H groups in total. The number of aryl methyl sites for hydroxylation is 2. The predicted molar refractivity (Wildman–Crippen MR) is 147 cm³/mol. The minimum Gasteiger partial charge on any atom is -0.494 e. The Balaban J connectivity index is 1.22. The molecular weight excluding hydrogens is 466 g/mol. The summed E-state index contributed by atoms with van der Waals surface area (Å²) in [5, 5.41) is 0. The van der Waals surface area contributed by atoms with Crippen molar-refractivity contribution in [2.75, 3.05) is 49.1 Å². The standard InChI is InChI=1S/C30H41N3O4/c1-4-8-30(35)37-24(3)33-28-22-27(13-11-25(28)12-14-29(33)34)36-20-6-5-15-31-16-18-32(19-17-31)26-10-7-9-23(2)21-26/h7,9-11,13,21-22,24H,4-6,8,12,14-20H2,1-3H3. The molecule has 0 saturated carbocycles. The van der Waals surface area contributed by atoms with Gasteiger partial charge in [0.1, 0.15) is 5.75 Å². The number of hydrogen-bond acceptors (Lipinski definition) is 6. The maximum atomic E-state index is 12.7. The third-order valence-electron chi connectivity index (χ3n) is 7.19. The number of anilines is 2. The van der Waals surface area contributed by atoms with Crippen LogP contribution in [0.3, 0.4) is 0 Å². The quantitative estimate of drug-likeness (QED) is 0.317. The number of benzene rings is 2. The number of nitrogens with zero attached hydrogens (tertiary/aromatic N) is 3. The molecule has 1 unspecified atom stereocenters. The zero-order chi connectivity index (χ0) is 26.2. The lowest BCUT2D eigenvalue weighted by atomic mass is 10.0. The van der Waals surface area contributed by atoms with Gasteiger partial charge in [0, 0.05) is 50.8 Å². The molecule has 4 rings (SSSR count). The van der Waals surface area contributed by atoms with Gasteiger partial charge >= 0.3 is 5.97 Å². The fourth-order valence-electron chi connectivity index (χ4n) is 5.15. The smallest absolute Gasteiger partial charge is 0.307 e. The Morgan fingerprint density at radius 3 is 2.59 bits per heavy atom. The molecule has 0 radical (unpaired) electrons. The fourth-order valence-corrected chi connectivity index (χ4v) is 5.15. The van der Waals surface area contributed by atoms with E-state index < -0.39 is 6.23 Å². The zero-order valence-electron chi connectivity index (χ0n) is 22.6. The van der Waals surface area contributed by atoms with Crippen LogP contribution in [0.2, 0.25) is 0 Å². The van der Waals surface area contributed by atoms with Crippen LogP contribution < -0.4 is 14.5 Å². The lowest BCUT2D eigenvalue weighted by Crippen LogP contribution is -2.46. The molecule has 1 amide bonds. The molecule has 1 saturated heterocycles. The van der Waals surface area contributed by atoms with Gasteiger partial charge in [-0.25, -0.2) is 0 Å². The number of carbonyl (C=O) groups is 2. The molecule has 2 aromatic carbocycles. The highest BCUT2D eigenvalue weighted by molar-refractivity contribution is 5.97. The van der Waals surface area contributed by atoms with Crippen LogP contribution in [0.4, 0.5) is 11.4 Å². The van der Waals surface area contributed by atoms with Gasteiger partial charge in [-0.3, -0.25) is 19.4 Å². The van der Waals surface area contributed by atoms with Gasteiger partial charge in [-0.05, 0) is 75.4 Å². The van der Waals surface area contributed by atoms with Gasteiger partial charge in [-0.1, -0.05) is 25.1 Å². The summed E-state index contributed by atoms with van der Waals surface area (Å²) in [6.07, 6.45) is 3.61. The number of ether oxygens (including phenoxy) is 2. The van der Waals surface area contributed by atoms with Gasteiger partial charge in [0.05, 0.1) is 12.3 Å². The molecule has 2 aliphatic rings. The van der Waals surface area contributed by atoms with Crippen LogP contribution in [-0.2, 0) is 20.7 Å². The molecular formula is C30H41N3O4. The molecule has 0 aromatic heterocycles. The summed E-state index contributed by atoms with van der Waals surface area (Å²) < 4.78 is 11.6. The topological polar surface area (TPSA) is 62.3 Å². The van der Waals surface area contributed by atoms with E-state index in [1.165, 1.54) is 11.3 Å². The molecule has 1 atom stereocenters. The number of rotatable bonds is 11. The summed E-state index contributed by atoms with van der Waals surface area (Å²) in [5.74, 6) is 0.445. The molecule has 200 valence electrons. The normalized spacial score (nSPS) is 16.9. The van der Waals surface area contributed by atoms with E-state index >= 15 is 0 Å². The average molecular weight is 508 g/mol. The van der Waals surface area contributed by atoms with Crippen molar-refractivity contribution < 1.29 is 19.1 Å². The lowest BCUT2D eigenvalue weighted by Gasteiger charge is -2.36. The molecule has 1 fully saturated rings. The van der Waals surface area contributed by atoms with Gasteiger partial charge in [0.25, 0.3) is 0 Å². The average Bonchev–Trinajstić information content (AvgIpc) is 2.88. The van der Waals surface area contributed by atoms with E-state index in [1.54, 1.807) is 11.8 Å². The summed E-state index contributed by atoms with van der Waals surface area (Å²) in [7, 11) is 0. The minimum absolute atomic E-state index is 0.0241. The molecule has 7 heteroatoms. The van der Waals surface area contributed by atoms with E-state index in [-0.39, 0.29) is 11.9 Å². The Hall–Kier alpha value is -3.06. The fraction of sp³-hybridized carbons (Fsp3) is 0.533. The van der Waals surface area contributed by atoms with Gasteiger partial charge < -0.3 is 14.4 Å². The van der Waals surface area contributed by atoms with Crippen LogP contribution in [0.15, 0.2) is 42.5 Å². The Kier molecular flexibility index (Phi) is 9.45. The maximum absolute atomic E-state index is 12.7. The second-order valence-corrected chi connectivity index (χ2v) is 10.1. The van der Waals surface area contributed by atoms with E-state index in [1.807, 2.05) is 25.1 Å². The highest BCUT2D eigenvalue weighted by atomic mass is 16.6. The summed E-state index contributed by atoms with van der Waals surface area (Å²) in [5.41, 5.74) is 4.50. The highest BCUT2D eigenvalue weighted by Crippen LogP contribution is 2.33. The minimum atomic E-state index is -0.632. The number of piperazine rings is 1. The second kappa shape index (κ2) is 13.0. The Morgan fingerprint density at radius 1 is 1.03 bits per heavy atom. The first kappa shape index (κ1) is 27.0. The first-order valence-electron chi connectivity index (χ1n) is 13.8. The van der Waals surface area contributed by atoms with Crippen molar-refractivity contribution in [3.63, 3.8) is 0 Å². The first-order valence-corrected chi connectivity index (χ1v) is 13.8. The molecule has 0 aliphatic carbocycles. The number of fused-ring (bicyclic) bond motifs is 1. The van der Waals surface area contributed by atoms with E-state index in [0.29, 0.717) is 25.9 Å². The summed E-state index contributed by atoms with van der Waals surface area (Å²) >= 11 is 0. The van der Waals surface area contributed by atoms with E-state index in [4.69, 9.17) is 9.47 Å². The second-order valence-electron chi connectivity index (χ2n) is 10.1. The number of hydrogen-bond donors (Lipinski definition) is 0. The third kappa shape index (κ3) is 7.25. The molecule has 2 aliphatic heterocycles. The largest absolute Gasteiger partial charge is 0.494 e. The Labute approximate surface area is 221 Å². The van der Waals surface area contributed by atoms with Crippen molar-refractivity contribution in [1.82, 2.24) is 4.90 Å². The SMILES string of the molecule is CCCC(=O)OC(C)N1C(=O)CCc2ccc(OCCCCN3CCN(c4cccc(C)c4)CC3)cc21. The van der Waals surface area contributed by atoms with Crippen molar-refractivity contribution in [3.8, 4) is 5.75 Å². The maximum Gasteiger partial charge on any atom is 0.307 e. The zero-order valence-corrected chi connectivity index (χ0v) is 22.6. The Morgan fingerprint density at radius 2 is 1.84 bits per heavy atom. The summed E-state index contributed by atoms with van der Waals surface area (Å²) in [6, 6.07) is 14.7. The Bertz CT molecular complexity index is 1060. The molecule has 2 aromatic rings. The number of unbranched alkanes of at least 4 members (excludes halogenated alkanes) is 1. The first-order chi connectivity index (χ1) is 17.9. The van der Waals surface area contributed by atoms with Crippen LogP contribution in [0.25, 0.3) is 0 Å². The third-order valence-corrected chi connectivity index (χ3v) is 7.19. The van der Waals surface area contributed by atoms with Gasteiger partial charge in [0.15, 0.2) is 6.23 Å². The van der Waals surface area contributed by atoms with Crippen LogP contribution in [-0.4, -0.2) is 62.3 Å². The van der Waals surface area contributed by atoms with E-state index in [0.717, 1.165) is 69.0 Å². The molecule has 7 nitrogen and oxygen atoms in total. The van der Waals surface area contributed by atoms with Gasteiger partial charge in [-0.2, -0.15) is 0 Å². The number of carbonyl (C=O) groups excluding carboxylic acids is 2. The van der Waals surface area contributed by atoms with E-state index in [2.05, 4.69) is 41.0 Å². The van der Waals surface area contributed by atoms with Crippen molar-refractivity contribution in [2.24, 2.45) is 0 Å². The van der Waals surface area contributed by atoms with E-state index in [9.17, 15) is 9.59 Å². The van der Waals surface area contributed by atoms with Crippen LogP contribution in [0.5, 0.6) is 5.75 Å². The molecule has 0 spiro atoms. The lowest BCUT2D eigenvalue weighted by molar-refractivity contribution is -0.149. The molecule has 2 heterocycles. The summed E-state index contributed by atoms with van der Waals surface area (Å²) in [4.78, 5) is 31.3. The van der Waals surface area contributed by atoms with Crippen LogP contribution >= 0.6 is 0 Å². The molecule has 37 heavy (non-hydrogen) atoms. The monoisotopic (exact) mass is 507 g/mol. The van der Waals surface area contributed by atoms with Gasteiger partial charge in [0.2, 0.25) is 5.91 Å². The predicted octanol–water partition coefficient (Wildman–Crippen LogP) is 4.94. The van der Waals surface area contributed by atoms with Crippen molar-refractivity contribution in [2.45, 2.75) is 65.5 Å².